The Bertz CT molecular complexity index is 453. The topological polar surface area (TPSA) is 51.5 Å². The number of aryl methyl sites for hydroxylation is 1. The summed E-state index contributed by atoms with van der Waals surface area (Å²) in [5.41, 5.74) is 0.603. The highest BCUT2D eigenvalue weighted by Gasteiger charge is 2.33. The van der Waals surface area contributed by atoms with E-state index in [1.807, 2.05) is 19.3 Å². The van der Waals surface area contributed by atoms with Crippen LogP contribution in [0.2, 0.25) is 0 Å². The average Bonchev–Trinajstić information content (AvgIpc) is 2.83. The lowest BCUT2D eigenvalue weighted by Gasteiger charge is -2.33. The van der Waals surface area contributed by atoms with E-state index in [-0.39, 0.29) is 11.9 Å². The van der Waals surface area contributed by atoms with Gasteiger partial charge in [-0.15, -0.1) is 0 Å². The summed E-state index contributed by atoms with van der Waals surface area (Å²) >= 11 is 0. The zero-order chi connectivity index (χ0) is 13.1. The second-order valence-corrected chi connectivity index (χ2v) is 4.54. The van der Waals surface area contributed by atoms with E-state index in [0.29, 0.717) is 18.7 Å². The zero-order valence-electron chi connectivity index (χ0n) is 10.8. The molecule has 2 heterocycles. The van der Waals surface area contributed by atoms with E-state index in [9.17, 15) is 9.59 Å². The van der Waals surface area contributed by atoms with Gasteiger partial charge in [0.15, 0.2) is 0 Å². The first kappa shape index (κ1) is 12.7. The van der Waals surface area contributed by atoms with Gasteiger partial charge in [0.1, 0.15) is 11.7 Å². The number of aromatic nitrogens is 1. The number of carbonyl (C=O) groups excluding carboxylic acids is 2. The van der Waals surface area contributed by atoms with Crippen LogP contribution in [0.3, 0.4) is 0 Å². The van der Waals surface area contributed by atoms with Crippen molar-refractivity contribution in [3.8, 4) is 0 Å². The highest BCUT2D eigenvalue weighted by atomic mass is 16.5. The summed E-state index contributed by atoms with van der Waals surface area (Å²) in [6.07, 6.45) is 4.40. The van der Waals surface area contributed by atoms with Gasteiger partial charge in [0.05, 0.1) is 7.11 Å². The lowest BCUT2D eigenvalue weighted by Crippen LogP contribution is -2.48. The highest BCUT2D eigenvalue weighted by Crippen LogP contribution is 2.20. The van der Waals surface area contributed by atoms with Crippen LogP contribution in [0.1, 0.15) is 29.8 Å². The average molecular weight is 250 g/mol. The molecule has 0 saturated carbocycles. The molecule has 1 amide bonds. The summed E-state index contributed by atoms with van der Waals surface area (Å²) in [5.74, 6) is -0.421. The van der Waals surface area contributed by atoms with Gasteiger partial charge in [-0.2, -0.15) is 0 Å². The van der Waals surface area contributed by atoms with Crippen LogP contribution in [-0.2, 0) is 16.6 Å². The first-order valence-corrected chi connectivity index (χ1v) is 6.15. The Morgan fingerprint density at radius 2 is 2.17 bits per heavy atom. The summed E-state index contributed by atoms with van der Waals surface area (Å²) in [7, 11) is 3.19. The van der Waals surface area contributed by atoms with Gasteiger partial charge in [-0.1, -0.05) is 0 Å². The molecule has 1 fully saturated rings. The molecule has 5 heteroatoms. The molecule has 0 aliphatic carbocycles. The molecule has 1 aliphatic rings. The van der Waals surface area contributed by atoms with E-state index in [2.05, 4.69) is 0 Å². The molecule has 0 spiro atoms. The second kappa shape index (κ2) is 5.25. The number of methoxy groups -OCH3 is 1. The number of amides is 1. The molecule has 1 saturated heterocycles. The normalized spacial score (nSPS) is 19.7. The van der Waals surface area contributed by atoms with Crippen molar-refractivity contribution < 1.29 is 14.3 Å². The number of carbonyl (C=O) groups is 2. The Morgan fingerprint density at radius 3 is 2.78 bits per heavy atom. The quantitative estimate of drug-likeness (QED) is 0.741. The Hall–Kier alpha value is -1.78. The van der Waals surface area contributed by atoms with Crippen LogP contribution in [0.5, 0.6) is 0 Å². The third-order valence-corrected chi connectivity index (χ3v) is 3.40. The van der Waals surface area contributed by atoms with Crippen molar-refractivity contribution in [2.45, 2.75) is 25.3 Å². The van der Waals surface area contributed by atoms with E-state index in [4.69, 9.17) is 4.74 Å². The largest absolute Gasteiger partial charge is 0.467 e. The Labute approximate surface area is 106 Å². The number of likely N-dealkylation sites (tertiary alicyclic amines) is 1. The summed E-state index contributed by atoms with van der Waals surface area (Å²) in [6.45, 7) is 0.615. The predicted molar refractivity (Wildman–Crippen MR) is 66.1 cm³/mol. The lowest BCUT2D eigenvalue weighted by molar-refractivity contribution is -0.147. The molecule has 2 rings (SSSR count). The van der Waals surface area contributed by atoms with Gasteiger partial charge >= 0.3 is 5.97 Å². The first-order valence-electron chi connectivity index (χ1n) is 6.15. The van der Waals surface area contributed by atoms with Crippen molar-refractivity contribution in [1.82, 2.24) is 9.47 Å². The molecule has 1 aromatic rings. The van der Waals surface area contributed by atoms with Crippen LogP contribution in [-0.4, -0.2) is 41.0 Å². The van der Waals surface area contributed by atoms with Crippen LogP contribution < -0.4 is 0 Å². The van der Waals surface area contributed by atoms with Crippen LogP contribution in [0.4, 0.5) is 0 Å². The van der Waals surface area contributed by atoms with Crippen LogP contribution in [0.15, 0.2) is 18.3 Å². The van der Waals surface area contributed by atoms with Crippen molar-refractivity contribution in [1.29, 1.82) is 0 Å². The summed E-state index contributed by atoms with van der Waals surface area (Å²) in [4.78, 5) is 25.8. The summed E-state index contributed by atoms with van der Waals surface area (Å²) in [5, 5.41) is 0. The molecule has 1 aliphatic heterocycles. The minimum Gasteiger partial charge on any atom is -0.467 e. The number of ether oxygens (including phenoxy) is 1. The standard InChI is InChI=1S/C13H18N2O3/c1-14-8-5-7-10(14)12(16)15-9-4-3-6-11(15)13(17)18-2/h5,7-8,11H,3-4,6,9H2,1-2H3. The van der Waals surface area contributed by atoms with Crippen LogP contribution in [0.25, 0.3) is 0 Å². The smallest absolute Gasteiger partial charge is 0.328 e. The van der Waals surface area contributed by atoms with Gasteiger partial charge in [0.25, 0.3) is 5.91 Å². The van der Waals surface area contributed by atoms with Crippen molar-refractivity contribution in [3.05, 3.63) is 24.0 Å². The molecule has 18 heavy (non-hydrogen) atoms. The fourth-order valence-electron chi connectivity index (χ4n) is 2.39. The second-order valence-electron chi connectivity index (χ2n) is 4.54. The number of rotatable bonds is 2. The first-order chi connectivity index (χ1) is 8.65. The van der Waals surface area contributed by atoms with Gasteiger partial charge in [-0.25, -0.2) is 4.79 Å². The van der Waals surface area contributed by atoms with Gasteiger partial charge in [0, 0.05) is 19.8 Å². The number of esters is 1. The van der Waals surface area contributed by atoms with Gasteiger partial charge in [-0.05, 0) is 31.4 Å². The highest BCUT2D eigenvalue weighted by molar-refractivity contribution is 5.95. The van der Waals surface area contributed by atoms with E-state index < -0.39 is 6.04 Å². The van der Waals surface area contributed by atoms with E-state index in [1.54, 1.807) is 15.5 Å². The molecule has 0 radical (unpaired) electrons. The molecule has 5 nitrogen and oxygen atoms in total. The van der Waals surface area contributed by atoms with Crippen molar-refractivity contribution in [2.75, 3.05) is 13.7 Å². The molecule has 1 aromatic heterocycles. The minimum absolute atomic E-state index is 0.0994. The predicted octanol–water partition coefficient (Wildman–Crippen LogP) is 1.19. The number of piperidine rings is 1. The number of nitrogens with zero attached hydrogens (tertiary/aromatic N) is 2. The zero-order valence-corrected chi connectivity index (χ0v) is 10.8. The maximum atomic E-state index is 12.4. The Balaban J connectivity index is 2.21. The SMILES string of the molecule is COC(=O)C1CCCCN1C(=O)c1cccn1C. The third kappa shape index (κ3) is 2.25. The number of hydrogen-bond acceptors (Lipinski definition) is 3. The van der Waals surface area contributed by atoms with Crippen molar-refractivity contribution >= 4 is 11.9 Å². The molecule has 0 aromatic carbocycles. The fourth-order valence-corrected chi connectivity index (χ4v) is 2.39. The molecular formula is C13H18N2O3. The molecule has 98 valence electrons. The summed E-state index contributed by atoms with van der Waals surface area (Å²) < 4.78 is 6.55. The van der Waals surface area contributed by atoms with Gasteiger partial charge in [-0.3, -0.25) is 4.79 Å². The maximum absolute atomic E-state index is 12.4. The maximum Gasteiger partial charge on any atom is 0.328 e. The van der Waals surface area contributed by atoms with Crippen molar-refractivity contribution in [3.63, 3.8) is 0 Å². The Morgan fingerprint density at radius 1 is 1.39 bits per heavy atom. The molecular weight excluding hydrogens is 232 g/mol. The third-order valence-electron chi connectivity index (χ3n) is 3.40. The Kier molecular flexibility index (Phi) is 3.69. The van der Waals surface area contributed by atoms with Gasteiger partial charge < -0.3 is 14.2 Å². The van der Waals surface area contributed by atoms with Crippen LogP contribution in [0, 0.1) is 0 Å². The van der Waals surface area contributed by atoms with Crippen molar-refractivity contribution in [2.24, 2.45) is 7.05 Å². The molecule has 0 bridgehead atoms. The molecule has 1 atom stereocenters. The van der Waals surface area contributed by atoms with Crippen LogP contribution >= 0.6 is 0 Å². The minimum atomic E-state index is -0.439. The van der Waals surface area contributed by atoms with E-state index in [1.165, 1.54) is 7.11 Å². The molecule has 0 N–H and O–H groups in total. The van der Waals surface area contributed by atoms with Gasteiger partial charge in [0.2, 0.25) is 0 Å². The molecule has 1 unspecified atom stereocenters. The lowest BCUT2D eigenvalue weighted by atomic mass is 10.0. The number of hydrogen-bond donors (Lipinski definition) is 0. The fraction of sp³-hybridized carbons (Fsp3) is 0.538. The monoisotopic (exact) mass is 250 g/mol. The van der Waals surface area contributed by atoms with E-state index >= 15 is 0 Å². The summed E-state index contributed by atoms with van der Waals surface area (Å²) in [6, 6.07) is 3.15. The van der Waals surface area contributed by atoms with E-state index in [0.717, 1.165) is 12.8 Å².